The predicted molar refractivity (Wildman–Crippen MR) is 131 cm³/mol. The van der Waals surface area contributed by atoms with Gasteiger partial charge in [0.1, 0.15) is 23.3 Å². The molecule has 0 saturated heterocycles. The number of nitrogens with one attached hydrogen (secondary N) is 2. The molecule has 14 heteroatoms. The zero-order chi connectivity index (χ0) is 27.9. The van der Waals surface area contributed by atoms with E-state index >= 15 is 0 Å². The third kappa shape index (κ3) is 5.40. The molecule has 0 fully saturated rings. The van der Waals surface area contributed by atoms with E-state index in [0.717, 1.165) is 12.1 Å². The van der Waals surface area contributed by atoms with Crippen molar-refractivity contribution in [2.24, 2.45) is 12.0 Å². The van der Waals surface area contributed by atoms with E-state index in [0.29, 0.717) is 28.4 Å². The smallest absolute Gasteiger partial charge is 0.416 e. The molecular weight excluding hydrogens is 530 g/mol. The van der Waals surface area contributed by atoms with Gasteiger partial charge in [-0.05, 0) is 30.3 Å². The summed E-state index contributed by atoms with van der Waals surface area (Å²) in [4.78, 5) is 12.5. The summed E-state index contributed by atoms with van der Waals surface area (Å²) in [6, 6.07) is 9.03. The lowest BCUT2D eigenvalue weighted by Crippen LogP contribution is -2.42. The van der Waals surface area contributed by atoms with E-state index in [1.165, 1.54) is 37.6 Å². The van der Waals surface area contributed by atoms with Crippen LogP contribution in [0.1, 0.15) is 11.3 Å². The van der Waals surface area contributed by atoms with E-state index in [4.69, 9.17) is 9.47 Å². The Kier molecular flexibility index (Phi) is 6.48. The van der Waals surface area contributed by atoms with Crippen molar-refractivity contribution in [3.05, 3.63) is 66.0 Å². The fraction of sp³-hybridized carbons (Fsp3) is 0.240. The molecule has 0 amide bonds. The van der Waals surface area contributed by atoms with Crippen LogP contribution in [0.5, 0.6) is 17.2 Å². The monoisotopic (exact) mass is 550 g/mol. The number of aromatic nitrogens is 3. The fourth-order valence-electron chi connectivity index (χ4n) is 3.93. The van der Waals surface area contributed by atoms with Gasteiger partial charge in [0.25, 0.3) is 0 Å². The summed E-state index contributed by atoms with van der Waals surface area (Å²) in [5.74, 6) is 1.26. The number of halogens is 6. The Labute approximate surface area is 217 Å². The van der Waals surface area contributed by atoms with E-state index in [9.17, 15) is 26.3 Å². The Balaban J connectivity index is 1.39. The first-order valence-electron chi connectivity index (χ1n) is 11.4. The maximum absolute atomic E-state index is 13.0. The summed E-state index contributed by atoms with van der Waals surface area (Å²) >= 11 is 0. The molecule has 0 radical (unpaired) electrons. The van der Waals surface area contributed by atoms with Crippen molar-refractivity contribution >= 4 is 28.5 Å². The predicted octanol–water partition coefficient (Wildman–Crippen LogP) is 5.81. The van der Waals surface area contributed by atoms with Gasteiger partial charge in [0.15, 0.2) is 11.5 Å². The third-order valence-corrected chi connectivity index (χ3v) is 5.97. The maximum Gasteiger partial charge on any atom is 0.416 e. The van der Waals surface area contributed by atoms with Crippen LogP contribution < -0.4 is 20.1 Å². The van der Waals surface area contributed by atoms with Gasteiger partial charge in [-0.15, -0.1) is 0 Å². The molecule has 2 aromatic heterocycles. The number of nitrogens with zero attached hydrogens (tertiary/aromatic N) is 4. The Morgan fingerprint density at radius 2 is 1.74 bits per heavy atom. The lowest BCUT2D eigenvalue weighted by Gasteiger charge is -2.15. The second-order valence-electron chi connectivity index (χ2n) is 8.59. The number of fused-ring (bicyclic) bond motifs is 1. The highest BCUT2D eigenvalue weighted by molar-refractivity contribution is 5.98. The maximum atomic E-state index is 13.0. The molecule has 5 rings (SSSR count). The zero-order valence-corrected chi connectivity index (χ0v) is 20.4. The molecule has 1 unspecified atom stereocenters. The summed E-state index contributed by atoms with van der Waals surface area (Å²) in [6.45, 7) is -0.446. The van der Waals surface area contributed by atoms with E-state index in [1.807, 2.05) is 0 Å². The lowest BCUT2D eigenvalue weighted by molar-refractivity contribution is -0.147. The standard InChI is InChI=1S/C25H20F6N6O2/c1-37-18-11-19(38-2)20(10-16(18)35-23(37)34-14-5-3-13(4-6-14)24(26,27)28)39-15-7-8-32-17(9-15)22-33-12-21(36-22)25(29,30)31/h3-11,21H,12H2,1-2H3,(H,33,36)(H,34,35). The largest absolute Gasteiger partial charge is 0.493 e. The van der Waals surface area contributed by atoms with Gasteiger partial charge in [-0.3, -0.25) is 9.98 Å². The van der Waals surface area contributed by atoms with Crippen LogP contribution in [0.15, 0.2) is 59.7 Å². The number of aliphatic imine (C=N–C) groups is 1. The number of imidazole rings is 1. The van der Waals surface area contributed by atoms with Crippen molar-refractivity contribution in [2.45, 2.75) is 18.4 Å². The van der Waals surface area contributed by atoms with Crippen molar-refractivity contribution < 1.29 is 35.8 Å². The van der Waals surface area contributed by atoms with Gasteiger partial charge >= 0.3 is 12.4 Å². The minimum atomic E-state index is -4.44. The molecule has 2 N–H and O–H groups in total. The second kappa shape index (κ2) is 9.67. The van der Waals surface area contributed by atoms with Crippen molar-refractivity contribution in [3.63, 3.8) is 0 Å². The second-order valence-corrected chi connectivity index (χ2v) is 8.59. The topological polar surface area (TPSA) is 85.6 Å². The number of aryl methyl sites for hydroxylation is 1. The highest BCUT2D eigenvalue weighted by atomic mass is 19.4. The van der Waals surface area contributed by atoms with E-state index in [2.05, 4.69) is 25.6 Å². The molecule has 39 heavy (non-hydrogen) atoms. The molecule has 3 heterocycles. The van der Waals surface area contributed by atoms with Gasteiger partial charge in [0.05, 0.1) is 30.3 Å². The number of amidine groups is 1. The number of hydrogen-bond acceptors (Lipinski definition) is 7. The summed E-state index contributed by atoms with van der Waals surface area (Å²) in [6.07, 6.45) is -7.50. The molecule has 4 aromatic rings. The summed E-state index contributed by atoms with van der Waals surface area (Å²) in [7, 11) is 3.17. The van der Waals surface area contributed by atoms with Crippen LogP contribution in [0.4, 0.5) is 38.0 Å². The van der Waals surface area contributed by atoms with E-state index < -0.39 is 30.5 Å². The molecule has 0 saturated carbocycles. The van der Waals surface area contributed by atoms with E-state index in [-0.39, 0.29) is 23.0 Å². The average molecular weight is 550 g/mol. The number of hydrogen-bond donors (Lipinski definition) is 2. The number of methoxy groups -OCH3 is 1. The number of ether oxygens (including phenoxy) is 2. The van der Waals surface area contributed by atoms with Crippen LogP contribution in [0.2, 0.25) is 0 Å². The lowest BCUT2D eigenvalue weighted by atomic mass is 10.2. The SMILES string of the molecule is COc1cc2c(cc1Oc1ccnc(C3=NCC(C(F)(F)F)N3)c1)nc(Nc1ccc(C(F)(F)F)cc1)n2C. The Hall–Kier alpha value is -4.49. The van der Waals surface area contributed by atoms with Crippen molar-refractivity contribution in [3.8, 4) is 17.2 Å². The summed E-state index contributed by atoms with van der Waals surface area (Å²) in [5, 5.41) is 5.33. The molecule has 1 aliphatic heterocycles. The highest BCUT2D eigenvalue weighted by Crippen LogP contribution is 2.37. The third-order valence-electron chi connectivity index (χ3n) is 5.97. The molecule has 0 bridgehead atoms. The number of rotatable bonds is 6. The molecular formula is C25H20F6N6O2. The van der Waals surface area contributed by atoms with Crippen LogP contribution in [0.3, 0.4) is 0 Å². The Morgan fingerprint density at radius 3 is 2.38 bits per heavy atom. The minimum absolute atomic E-state index is 0.00824. The number of anilines is 2. The van der Waals surface area contributed by atoms with E-state index in [1.54, 1.807) is 23.7 Å². The first-order valence-corrected chi connectivity index (χ1v) is 11.4. The molecule has 2 aromatic carbocycles. The van der Waals surface area contributed by atoms with Crippen molar-refractivity contribution in [1.29, 1.82) is 0 Å². The van der Waals surface area contributed by atoms with Crippen molar-refractivity contribution in [1.82, 2.24) is 19.9 Å². The van der Waals surface area contributed by atoms with Gasteiger partial charge in [0.2, 0.25) is 5.95 Å². The molecule has 204 valence electrons. The van der Waals surface area contributed by atoms with Crippen LogP contribution in [0.25, 0.3) is 11.0 Å². The van der Waals surface area contributed by atoms with Gasteiger partial charge in [-0.2, -0.15) is 26.3 Å². The van der Waals surface area contributed by atoms with Gasteiger partial charge in [-0.25, -0.2) is 4.98 Å². The molecule has 0 aliphatic carbocycles. The molecule has 1 aliphatic rings. The van der Waals surface area contributed by atoms with Crippen LogP contribution >= 0.6 is 0 Å². The van der Waals surface area contributed by atoms with Gasteiger partial charge in [0, 0.05) is 37.1 Å². The number of benzene rings is 2. The minimum Gasteiger partial charge on any atom is -0.493 e. The summed E-state index contributed by atoms with van der Waals surface area (Å²) < 4.78 is 90.7. The van der Waals surface area contributed by atoms with Crippen LogP contribution in [0, 0.1) is 0 Å². The van der Waals surface area contributed by atoms with Crippen LogP contribution in [-0.4, -0.2) is 46.2 Å². The highest BCUT2D eigenvalue weighted by Gasteiger charge is 2.42. The van der Waals surface area contributed by atoms with Gasteiger partial charge in [-0.1, -0.05) is 0 Å². The Bertz CT molecular complexity index is 1550. The normalized spacial score (nSPS) is 15.7. The molecule has 0 spiro atoms. The average Bonchev–Trinajstić information content (AvgIpc) is 3.49. The first-order chi connectivity index (χ1) is 18.4. The van der Waals surface area contributed by atoms with Crippen LogP contribution in [-0.2, 0) is 13.2 Å². The number of pyridine rings is 1. The Morgan fingerprint density at radius 1 is 1.00 bits per heavy atom. The van der Waals surface area contributed by atoms with Gasteiger partial charge < -0.3 is 24.7 Å². The summed E-state index contributed by atoms with van der Waals surface area (Å²) in [5.41, 5.74) is 0.962. The molecule has 8 nitrogen and oxygen atoms in total. The van der Waals surface area contributed by atoms with Crippen molar-refractivity contribution in [2.75, 3.05) is 19.0 Å². The quantitative estimate of drug-likeness (QED) is 0.295. The molecule has 1 atom stereocenters. The zero-order valence-electron chi connectivity index (χ0n) is 20.4. The fourth-order valence-corrected chi connectivity index (χ4v) is 3.93. The first kappa shape index (κ1) is 26.1. The number of alkyl halides is 6.